The number of primary amides is 1. The largest absolute Gasteiger partial charge is 0.753 e. The number of nitrogens with one attached hydrogen (secondary N) is 2. The minimum absolute atomic E-state index is 0.0198. The Hall–Kier alpha value is -3.89. The fourth-order valence-electron chi connectivity index (χ4n) is 5.40. The highest BCUT2D eigenvalue weighted by molar-refractivity contribution is 7.80. The van der Waals surface area contributed by atoms with Gasteiger partial charge in [0.2, 0.25) is 5.95 Å². The summed E-state index contributed by atoms with van der Waals surface area (Å²) in [4.78, 5) is 32.1. The number of carbonyl (C=O) groups is 1. The SMILES string of the molecule is COc1cc(N2CCC(N3CCN(C)CC3)CC2)ccc1Nc1ncc(Cl)c(Nc2ccccc2N(OC(N)=O)S(=O)[O-])n1. The number of halogens is 1. The number of rotatable bonds is 10. The van der Waals surface area contributed by atoms with E-state index in [4.69, 9.17) is 22.1 Å². The van der Waals surface area contributed by atoms with E-state index in [1.54, 1.807) is 25.3 Å². The Bertz CT molecular complexity index is 1490. The van der Waals surface area contributed by atoms with Crippen LogP contribution in [-0.4, -0.2) is 94.1 Å². The van der Waals surface area contributed by atoms with Crippen molar-refractivity contribution in [3.8, 4) is 5.75 Å². The lowest BCUT2D eigenvalue weighted by atomic mass is 10.0. The Balaban J connectivity index is 1.28. The van der Waals surface area contributed by atoms with Crippen LogP contribution in [0, 0.1) is 0 Å². The highest BCUT2D eigenvalue weighted by atomic mass is 35.5. The van der Waals surface area contributed by atoms with Crippen LogP contribution in [0.25, 0.3) is 0 Å². The van der Waals surface area contributed by atoms with Crippen LogP contribution in [0.5, 0.6) is 5.75 Å². The fraction of sp³-hybridized carbons (Fsp3) is 0.393. The summed E-state index contributed by atoms with van der Waals surface area (Å²) in [6, 6.07) is 12.8. The lowest BCUT2D eigenvalue weighted by Gasteiger charge is -2.42. The molecule has 2 fully saturated rings. The quantitative estimate of drug-likeness (QED) is 0.218. The molecule has 1 aromatic heterocycles. The molecule has 3 aromatic rings. The van der Waals surface area contributed by atoms with Crippen LogP contribution in [0.15, 0.2) is 48.7 Å². The summed E-state index contributed by atoms with van der Waals surface area (Å²) in [5, 5.41) is 6.31. The number of methoxy groups -OCH3 is 1. The molecule has 2 saturated heterocycles. The molecular weight excluding hydrogens is 610 g/mol. The van der Waals surface area contributed by atoms with E-state index in [0.29, 0.717) is 21.9 Å². The van der Waals surface area contributed by atoms with Gasteiger partial charge in [-0.3, -0.25) is 4.90 Å². The molecule has 1 amide bonds. The molecule has 0 bridgehead atoms. The third kappa shape index (κ3) is 7.60. The zero-order valence-corrected chi connectivity index (χ0v) is 26.0. The number of piperidine rings is 1. The van der Waals surface area contributed by atoms with Gasteiger partial charge in [-0.05, 0) is 44.2 Å². The third-order valence-electron chi connectivity index (χ3n) is 7.72. The molecule has 2 aromatic carbocycles. The zero-order valence-electron chi connectivity index (χ0n) is 24.4. The van der Waals surface area contributed by atoms with Gasteiger partial charge in [0.15, 0.2) is 5.82 Å². The number of hydrogen-bond donors (Lipinski definition) is 3. The van der Waals surface area contributed by atoms with E-state index in [2.05, 4.69) is 47.2 Å². The van der Waals surface area contributed by atoms with Gasteiger partial charge in [0.25, 0.3) is 0 Å². The van der Waals surface area contributed by atoms with Gasteiger partial charge in [-0.2, -0.15) is 4.98 Å². The molecule has 1 unspecified atom stereocenters. The molecular formula is C28H35ClN9O5S-. The van der Waals surface area contributed by atoms with Crippen molar-refractivity contribution in [2.24, 2.45) is 5.73 Å². The first kappa shape index (κ1) is 31.5. The second-order valence-corrected chi connectivity index (χ2v) is 11.7. The molecule has 0 spiro atoms. The van der Waals surface area contributed by atoms with E-state index in [9.17, 15) is 13.6 Å². The van der Waals surface area contributed by atoms with Crippen molar-refractivity contribution in [3.05, 3.63) is 53.7 Å². The maximum Gasteiger partial charge on any atom is 0.429 e. The van der Waals surface area contributed by atoms with Crippen LogP contribution in [0.3, 0.4) is 0 Å². The van der Waals surface area contributed by atoms with E-state index in [1.807, 2.05) is 18.2 Å². The molecule has 5 rings (SSSR count). The lowest BCUT2D eigenvalue weighted by Crippen LogP contribution is -2.52. The van der Waals surface area contributed by atoms with E-state index in [1.165, 1.54) is 12.3 Å². The number of anilines is 6. The Morgan fingerprint density at radius 1 is 1.09 bits per heavy atom. The molecule has 3 heterocycles. The standard InChI is InChI=1S/C28H36ClN9O5S/c1-35-13-15-37(16-14-35)19-9-11-36(12-10-19)20-7-8-23(25(17-20)42-2)33-28-31-18-21(29)26(34-28)32-22-5-3-4-6-24(22)38(44(40)41)43-27(30)39/h3-8,17-19H,9-16H2,1-2H3,(H2,30,39)(H,40,41)(H2,31,32,33,34)/p-1. The van der Waals surface area contributed by atoms with Crippen molar-refractivity contribution < 1.29 is 23.1 Å². The molecule has 4 N–H and O–H groups in total. The van der Waals surface area contributed by atoms with Crippen LogP contribution >= 0.6 is 11.6 Å². The first-order valence-electron chi connectivity index (χ1n) is 14.1. The van der Waals surface area contributed by atoms with Crippen LogP contribution in [0.1, 0.15) is 12.8 Å². The average molecular weight is 645 g/mol. The topological polar surface area (TPSA) is 164 Å². The molecule has 0 aliphatic carbocycles. The van der Waals surface area contributed by atoms with Crippen LogP contribution in [-0.2, 0) is 16.1 Å². The number of carbonyl (C=O) groups excluding carboxylic acids is 1. The van der Waals surface area contributed by atoms with Gasteiger partial charge < -0.3 is 40.3 Å². The third-order valence-corrected chi connectivity index (χ3v) is 8.54. The van der Waals surface area contributed by atoms with Crippen molar-refractivity contribution in [2.75, 3.05) is 73.4 Å². The highest BCUT2D eigenvalue weighted by Crippen LogP contribution is 2.35. The summed E-state index contributed by atoms with van der Waals surface area (Å²) in [6.07, 6.45) is 2.35. The molecule has 2 aliphatic heterocycles. The predicted molar refractivity (Wildman–Crippen MR) is 169 cm³/mol. The van der Waals surface area contributed by atoms with Crippen LogP contribution in [0.2, 0.25) is 5.02 Å². The number of aromatic nitrogens is 2. The van der Waals surface area contributed by atoms with Crippen molar-refractivity contribution in [1.82, 2.24) is 19.8 Å². The summed E-state index contributed by atoms with van der Waals surface area (Å²) in [5.74, 6) is 1.01. The Morgan fingerprint density at radius 3 is 2.50 bits per heavy atom. The summed E-state index contributed by atoms with van der Waals surface area (Å²) >= 11 is 3.40. The minimum Gasteiger partial charge on any atom is -0.753 e. The molecule has 236 valence electrons. The van der Waals surface area contributed by atoms with Crippen molar-refractivity contribution >= 4 is 63.5 Å². The Morgan fingerprint density at radius 2 is 1.82 bits per heavy atom. The number of likely N-dealkylation sites (N-methyl/N-ethyl adjacent to an activating group) is 1. The number of ether oxygens (including phenoxy) is 1. The van der Waals surface area contributed by atoms with Gasteiger partial charge in [0, 0.05) is 57.1 Å². The van der Waals surface area contributed by atoms with E-state index >= 15 is 0 Å². The normalized spacial score (nSPS) is 17.1. The van der Waals surface area contributed by atoms with E-state index in [-0.39, 0.29) is 28.2 Å². The summed E-state index contributed by atoms with van der Waals surface area (Å²) in [5.41, 5.74) is 6.98. The van der Waals surface area contributed by atoms with Crippen molar-refractivity contribution in [3.63, 3.8) is 0 Å². The molecule has 16 heteroatoms. The molecule has 14 nitrogen and oxygen atoms in total. The maximum atomic E-state index is 11.7. The minimum atomic E-state index is -2.97. The van der Waals surface area contributed by atoms with Gasteiger partial charge in [0.05, 0.1) is 35.9 Å². The number of benzene rings is 2. The summed E-state index contributed by atoms with van der Waals surface area (Å²) < 4.78 is 29.5. The molecule has 0 saturated carbocycles. The first-order valence-corrected chi connectivity index (χ1v) is 15.5. The molecule has 1 atom stereocenters. The number of amides is 1. The summed E-state index contributed by atoms with van der Waals surface area (Å²) in [7, 11) is 3.79. The highest BCUT2D eigenvalue weighted by Gasteiger charge is 2.27. The van der Waals surface area contributed by atoms with Crippen LogP contribution < -0.4 is 30.5 Å². The number of piperazine rings is 1. The zero-order chi connectivity index (χ0) is 31.2. The van der Waals surface area contributed by atoms with Gasteiger partial charge >= 0.3 is 6.09 Å². The number of para-hydroxylation sites is 2. The molecule has 0 radical (unpaired) electrons. The maximum absolute atomic E-state index is 11.7. The second kappa shape index (κ2) is 14.3. The van der Waals surface area contributed by atoms with Crippen LogP contribution in [0.4, 0.5) is 39.3 Å². The summed E-state index contributed by atoms with van der Waals surface area (Å²) in [6.45, 7) is 6.48. The van der Waals surface area contributed by atoms with Gasteiger partial charge in [-0.15, -0.1) is 4.47 Å². The monoisotopic (exact) mass is 644 g/mol. The smallest absolute Gasteiger partial charge is 0.429 e. The number of nitrogens with zero attached hydrogens (tertiary/aromatic N) is 6. The number of hydrogen-bond acceptors (Lipinski definition) is 12. The van der Waals surface area contributed by atoms with E-state index in [0.717, 1.165) is 57.8 Å². The lowest BCUT2D eigenvalue weighted by molar-refractivity contribution is 0.0982. The fourth-order valence-corrected chi connectivity index (χ4v) is 5.99. The average Bonchev–Trinajstić information content (AvgIpc) is 3.02. The van der Waals surface area contributed by atoms with Gasteiger partial charge in [0.1, 0.15) is 16.5 Å². The predicted octanol–water partition coefficient (Wildman–Crippen LogP) is 3.45. The molecule has 44 heavy (non-hydrogen) atoms. The Kier molecular flexibility index (Phi) is 10.2. The van der Waals surface area contributed by atoms with Gasteiger partial charge in [-0.1, -0.05) is 23.7 Å². The van der Waals surface area contributed by atoms with Crippen molar-refractivity contribution in [1.29, 1.82) is 0 Å². The van der Waals surface area contributed by atoms with E-state index < -0.39 is 17.4 Å². The first-order chi connectivity index (χ1) is 21.2. The van der Waals surface area contributed by atoms with Gasteiger partial charge in [-0.25, -0.2) is 14.0 Å². The molecule has 2 aliphatic rings. The van der Waals surface area contributed by atoms with Crippen molar-refractivity contribution in [2.45, 2.75) is 18.9 Å². The number of nitrogens with two attached hydrogens (primary N) is 1. The Labute approximate surface area is 263 Å². The second-order valence-electron chi connectivity index (χ2n) is 10.5.